The summed E-state index contributed by atoms with van der Waals surface area (Å²) in [5.41, 5.74) is 6.52. The molecule has 1 atom stereocenters. The summed E-state index contributed by atoms with van der Waals surface area (Å²) in [6, 6.07) is 0. The van der Waals surface area contributed by atoms with Crippen LogP contribution in [0.25, 0.3) is 0 Å². The SMILES string of the molecule is CC1=C(C)C(C)C([N]([Zr]=[Si](C)C)C(C)(C)C)=C1C.Cl.Cl. The van der Waals surface area contributed by atoms with Crippen LogP contribution in [0.1, 0.15) is 48.5 Å². The molecule has 1 aliphatic rings. The zero-order valence-corrected chi connectivity index (χ0v) is 19.4. The van der Waals surface area contributed by atoms with E-state index in [1.165, 1.54) is 5.57 Å². The molecule has 20 heavy (non-hydrogen) atoms. The molecular formula is C15H30Cl2NSiZr. The van der Waals surface area contributed by atoms with E-state index in [1.807, 2.05) is 0 Å². The van der Waals surface area contributed by atoms with Gasteiger partial charge < -0.3 is 0 Å². The largest absolute Gasteiger partial charge is 0.147 e. The van der Waals surface area contributed by atoms with E-state index < -0.39 is 22.1 Å². The quantitative estimate of drug-likeness (QED) is 0.544. The Bertz CT molecular complexity index is 443. The van der Waals surface area contributed by atoms with Crippen molar-refractivity contribution >= 4 is 30.2 Å². The van der Waals surface area contributed by atoms with Crippen molar-refractivity contribution in [2.75, 3.05) is 0 Å². The van der Waals surface area contributed by atoms with E-state index in [4.69, 9.17) is 0 Å². The average Bonchev–Trinajstić information content (AvgIpc) is 2.39. The van der Waals surface area contributed by atoms with E-state index in [0.29, 0.717) is 11.5 Å². The number of halogens is 2. The van der Waals surface area contributed by atoms with E-state index in [0.717, 1.165) is 0 Å². The minimum absolute atomic E-state index is 0. The Morgan fingerprint density at radius 2 is 1.45 bits per heavy atom. The molecule has 0 amide bonds. The summed E-state index contributed by atoms with van der Waals surface area (Å²) in [6.07, 6.45) is 0. The van der Waals surface area contributed by atoms with Gasteiger partial charge in [0.25, 0.3) is 0 Å². The van der Waals surface area contributed by atoms with Crippen LogP contribution in [0.3, 0.4) is 0 Å². The van der Waals surface area contributed by atoms with Gasteiger partial charge in [0.15, 0.2) is 0 Å². The van der Waals surface area contributed by atoms with Crippen LogP contribution in [0.2, 0.25) is 13.1 Å². The number of nitrogens with zero attached hydrogens (tertiary/aromatic N) is 1. The van der Waals surface area contributed by atoms with Gasteiger partial charge in [-0.2, -0.15) is 0 Å². The second kappa shape index (κ2) is 8.56. The normalized spacial score (nSPS) is 18.4. The van der Waals surface area contributed by atoms with Crippen molar-refractivity contribution in [3.8, 4) is 0 Å². The standard InChI is InChI=1S/C13H22N.C2H6Si.2ClH.Zr/c1-8-9(2)11(4)12(10(8)3)14-13(5,6)7;1-3-2;;;/h10H,1-7H3;1-2H3;2*1H;/q-1;;;;+1. The first-order chi connectivity index (χ1) is 8.07. The van der Waals surface area contributed by atoms with Crippen LogP contribution < -0.4 is 0 Å². The van der Waals surface area contributed by atoms with Gasteiger partial charge in [0, 0.05) is 0 Å². The second-order valence-electron chi connectivity index (χ2n) is 6.66. The maximum atomic E-state index is 2.84. The van der Waals surface area contributed by atoms with E-state index in [-0.39, 0.29) is 30.2 Å². The van der Waals surface area contributed by atoms with Gasteiger partial charge in [0.05, 0.1) is 0 Å². The topological polar surface area (TPSA) is 3.24 Å². The Morgan fingerprint density at radius 1 is 1.00 bits per heavy atom. The van der Waals surface area contributed by atoms with Crippen molar-refractivity contribution in [2.45, 2.75) is 67.1 Å². The van der Waals surface area contributed by atoms with Gasteiger partial charge in [-0.05, 0) is 0 Å². The maximum absolute atomic E-state index is 2.84. The van der Waals surface area contributed by atoms with E-state index in [2.05, 4.69) is 64.4 Å². The minimum Gasteiger partial charge on any atom is -0.147 e. The Labute approximate surface area is 150 Å². The summed E-state index contributed by atoms with van der Waals surface area (Å²) in [5.74, 6) is 0.631. The zero-order chi connectivity index (χ0) is 14.2. The van der Waals surface area contributed by atoms with Gasteiger partial charge in [-0.3, -0.25) is 0 Å². The average molecular weight is 415 g/mol. The third-order valence-corrected chi connectivity index (χ3v) is 11.7. The van der Waals surface area contributed by atoms with E-state index in [1.54, 1.807) is 16.8 Å². The molecule has 0 aromatic heterocycles. The van der Waals surface area contributed by atoms with Gasteiger partial charge in [-0.25, -0.2) is 0 Å². The number of hydrogen-bond acceptors (Lipinski definition) is 1. The van der Waals surface area contributed by atoms with Crippen LogP contribution >= 0.6 is 24.8 Å². The molecule has 0 fully saturated rings. The molecule has 0 bridgehead atoms. The van der Waals surface area contributed by atoms with Gasteiger partial charge in [-0.15, -0.1) is 24.8 Å². The van der Waals surface area contributed by atoms with Crippen molar-refractivity contribution in [3.05, 3.63) is 22.4 Å². The Morgan fingerprint density at radius 3 is 1.70 bits per heavy atom. The summed E-state index contributed by atoms with van der Waals surface area (Å²) in [4.78, 5) is 0. The predicted molar refractivity (Wildman–Crippen MR) is 93.8 cm³/mol. The molecule has 0 aromatic rings. The van der Waals surface area contributed by atoms with Crippen LogP contribution in [-0.2, 0) is 22.1 Å². The Hall–Kier alpha value is 0.960. The Balaban J connectivity index is 0. The fourth-order valence-corrected chi connectivity index (χ4v) is 11.0. The number of hydrogen-bond donors (Lipinski definition) is 0. The van der Waals surface area contributed by atoms with Crippen molar-refractivity contribution in [2.24, 2.45) is 5.92 Å². The predicted octanol–water partition coefficient (Wildman–Crippen LogP) is 5.44. The molecule has 117 valence electrons. The van der Waals surface area contributed by atoms with Crippen molar-refractivity contribution in [1.29, 1.82) is 0 Å². The molecule has 0 aromatic carbocycles. The molecule has 0 N–H and O–H groups in total. The summed E-state index contributed by atoms with van der Waals surface area (Å²) in [6.45, 7) is 21.4. The van der Waals surface area contributed by atoms with Crippen LogP contribution in [-0.4, -0.2) is 13.8 Å². The monoisotopic (exact) mass is 412 g/mol. The molecule has 0 heterocycles. The zero-order valence-electron chi connectivity index (χ0n) is 14.3. The molecule has 0 saturated heterocycles. The first-order valence-corrected chi connectivity index (χ1v) is 14.1. The fourth-order valence-electron chi connectivity index (χ4n) is 2.52. The first-order valence-electron chi connectivity index (χ1n) is 6.83. The third-order valence-electron chi connectivity index (χ3n) is 3.85. The van der Waals surface area contributed by atoms with Crippen molar-refractivity contribution in [1.82, 2.24) is 2.84 Å². The molecule has 1 unspecified atom stereocenters. The molecule has 5 heteroatoms. The molecule has 1 aliphatic carbocycles. The smallest absolute Gasteiger partial charge is 0.147 e. The van der Waals surface area contributed by atoms with Crippen LogP contribution in [0.15, 0.2) is 22.4 Å². The van der Waals surface area contributed by atoms with Crippen LogP contribution in [0, 0.1) is 5.92 Å². The van der Waals surface area contributed by atoms with E-state index in [9.17, 15) is 0 Å². The first kappa shape index (κ1) is 23.2. The van der Waals surface area contributed by atoms with Gasteiger partial charge in [0.2, 0.25) is 0 Å². The summed E-state index contributed by atoms with van der Waals surface area (Å²) < 4.78 is 2.84. The van der Waals surface area contributed by atoms with E-state index >= 15 is 0 Å². The fraction of sp³-hybridized carbons (Fsp3) is 0.733. The van der Waals surface area contributed by atoms with Gasteiger partial charge >= 0.3 is 126 Å². The molecular weight excluding hydrogens is 384 g/mol. The second-order valence-corrected chi connectivity index (χ2v) is 19.0. The molecule has 0 saturated carbocycles. The summed E-state index contributed by atoms with van der Waals surface area (Å²) in [5, 5.41) is 0. The van der Waals surface area contributed by atoms with Crippen molar-refractivity contribution in [3.63, 3.8) is 0 Å². The maximum Gasteiger partial charge on any atom is -0.147 e. The molecule has 1 nitrogen and oxygen atoms in total. The summed E-state index contributed by atoms with van der Waals surface area (Å²) in [7, 11) is 0. The van der Waals surface area contributed by atoms with Crippen molar-refractivity contribution < 1.29 is 22.1 Å². The summed E-state index contributed by atoms with van der Waals surface area (Å²) >= 11 is -0.439. The molecule has 0 spiro atoms. The van der Waals surface area contributed by atoms with Gasteiger partial charge in [0.1, 0.15) is 0 Å². The molecule has 1 rings (SSSR count). The Kier molecular flexibility index (Phi) is 9.94. The molecule has 0 radical (unpaired) electrons. The minimum atomic E-state index is -0.439. The number of allylic oxidation sites excluding steroid dienone is 3. The van der Waals surface area contributed by atoms with Gasteiger partial charge in [-0.1, -0.05) is 0 Å². The van der Waals surface area contributed by atoms with Crippen LogP contribution in [0.5, 0.6) is 0 Å². The number of rotatable bonds is 2. The van der Waals surface area contributed by atoms with Crippen LogP contribution in [0.4, 0.5) is 0 Å². The third kappa shape index (κ3) is 5.00. The molecule has 0 aliphatic heterocycles.